The lowest BCUT2D eigenvalue weighted by atomic mass is 9.49. The Kier molecular flexibility index (Phi) is 2.77. The van der Waals surface area contributed by atoms with Gasteiger partial charge in [-0.3, -0.25) is 0 Å². The zero-order valence-electron chi connectivity index (χ0n) is 12.9. The molecule has 1 aromatic rings. The number of imidazole rings is 1. The van der Waals surface area contributed by atoms with Crippen LogP contribution >= 0.6 is 0 Å². The number of aromatic nitrogens is 2. The number of aromatic amines is 1. The maximum atomic E-state index is 4.80. The number of nitrogens with zero attached hydrogens (tertiary/aromatic N) is 1. The van der Waals surface area contributed by atoms with E-state index in [0.717, 1.165) is 24.3 Å². The van der Waals surface area contributed by atoms with Gasteiger partial charge in [0.05, 0.1) is 0 Å². The average Bonchev–Trinajstić information content (AvgIpc) is 2.97. The molecule has 0 amide bonds. The Hall–Kier alpha value is -0.830. The van der Waals surface area contributed by atoms with E-state index in [1.807, 2.05) is 0 Å². The number of nitrogens with one attached hydrogen (secondary N) is 2. The predicted molar refractivity (Wildman–Crippen MR) is 83.3 cm³/mol. The number of rotatable bonds is 2. The van der Waals surface area contributed by atoms with Crippen molar-refractivity contribution in [1.82, 2.24) is 15.3 Å². The van der Waals surface area contributed by atoms with Gasteiger partial charge in [0.15, 0.2) is 0 Å². The Bertz CT molecular complexity index is 491. The van der Waals surface area contributed by atoms with Gasteiger partial charge in [-0.1, -0.05) is 0 Å². The van der Waals surface area contributed by atoms with Gasteiger partial charge in [-0.2, -0.15) is 0 Å². The molecule has 0 spiro atoms. The third-order valence-corrected chi connectivity index (χ3v) is 6.89. The first-order valence-corrected chi connectivity index (χ1v) is 9.07. The molecule has 4 aliphatic carbocycles. The fourth-order valence-electron chi connectivity index (χ4n) is 6.34. The average molecular weight is 285 g/mol. The molecule has 1 unspecified atom stereocenters. The van der Waals surface area contributed by atoms with Crippen molar-refractivity contribution in [2.24, 2.45) is 17.8 Å². The van der Waals surface area contributed by atoms with E-state index in [4.69, 9.17) is 4.98 Å². The largest absolute Gasteiger partial charge is 0.345 e. The molecule has 4 bridgehead atoms. The van der Waals surface area contributed by atoms with Crippen LogP contribution in [0.15, 0.2) is 6.20 Å². The lowest BCUT2D eigenvalue weighted by molar-refractivity contribution is -0.00708. The van der Waals surface area contributed by atoms with Gasteiger partial charge in [-0.25, -0.2) is 4.98 Å². The maximum absolute atomic E-state index is 4.80. The maximum Gasteiger partial charge on any atom is 0.110 e. The summed E-state index contributed by atoms with van der Waals surface area (Å²) in [7, 11) is 0. The highest BCUT2D eigenvalue weighted by molar-refractivity contribution is 5.23. The SMILES string of the molecule is c1nc(C2CCCNC2)[nH]c1C12CC3CC(CC(C3)C1)C2. The minimum Gasteiger partial charge on any atom is -0.345 e. The highest BCUT2D eigenvalue weighted by atomic mass is 15.0. The molecule has 114 valence electrons. The molecule has 5 fully saturated rings. The van der Waals surface area contributed by atoms with Crippen LogP contribution < -0.4 is 5.32 Å². The van der Waals surface area contributed by atoms with Crippen LogP contribution in [0.5, 0.6) is 0 Å². The zero-order chi connectivity index (χ0) is 13.9. The van der Waals surface area contributed by atoms with Crippen LogP contribution in [-0.2, 0) is 5.41 Å². The predicted octanol–water partition coefficient (Wildman–Crippen LogP) is 3.34. The molecule has 1 aromatic heterocycles. The number of hydrogen-bond acceptors (Lipinski definition) is 2. The molecule has 21 heavy (non-hydrogen) atoms. The number of H-pyrrole nitrogens is 1. The molecule has 3 heteroatoms. The first-order valence-electron chi connectivity index (χ1n) is 9.07. The summed E-state index contributed by atoms with van der Waals surface area (Å²) in [5.74, 6) is 4.91. The summed E-state index contributed by atoms with van der Waals surface area (Å²) in [6.45, 7) is 2.28. The molecular weight excluding hydrogens is 258 g/mol. The van der Waals surface area contributed by atoms with Crippen LogP contribution in [0.1, 0.15) is 68.8 Å². The van der Waals surface area contributed by atoms with Crippen LogP contribution in [0.3, 0.4) is 0 Å². The van der Waals surface area contributed by atoms with Crippen molar-refractivity contribution in [3.63, 3.8) is 0 Å². The van der Waals surface area contributed by atoms with Crippen molar-refractivity contribution in [2.75, 3.05) is 13.1 Å². The first-order chi connectivity index (χ1) is 10.3. The van der Waals surface area contributed by atoms with E-state index in [1.165, 1.54) is 69.4 Å². The van der Waals surface area contributed by atoms with Crippen molar-refractivity contribution in [3.05, 3.63) is 17.7 Å². The van der Waals surface area contributed by atoms with Crippen LogP contribution in [-0.4, -0.2) is 23.1 Å². The Morgan fingerprint density at radius 2 is 1.76 bits per heavy atom. The third-order valence-electron chi connectivity index (χ3n) is 6.89. The summed E-state index contributed by atoms with van der Waals surface area (Å²) in [6.07, 6.45) is 13.7. The second-order valence-electron chi connectivity index (χ2n) is 8.42. The van der Waals surface area contributed by atoms with Crippen LogP contribution in [0.4, 0.5) is 0 Å². The Morgan fingerprint density at radius 1 is 1.05 bits per heavy atom. The molecular formula is C18H27N3. The second kappa shape index (κ2) is 4.58. The molecule has 0 radical (unpaired) electrons. The van der Waals surface area contributed by atoms with Gasteiger partial charge in [-0.05, 0) is 75.7 Å². The fraction of sp³-hybridized carbons (Fsp3) is 0.833. The molecule has 1 saturated heterocycles. The smallest absolute Gasteiger partial charge is 0.110 e. The Labute approximate surface area is 127 Å². The molecule has 3 nitrogen and oxygen atoms in total. The van der Waals surface area contributed by atoms with Crippen molar-refractivity contribution >= 4 is 0 Å². The van der Waals surface area contributed by atoms with E-state index >= 15 is 0 Å². The summed E-state index contributed by atoms with van der Waals surface area (Å²) < 4.78 is 0. The second-order valence-corrected chi connectivity index (χ2v) is 8.42. The minimum atomic E-state index is 0.474. The molecule has 1 atom stereocenters. The highest BCUT2D eigenvalue weighted by Gasteiger charge is 2.52. The third kappa shape index (κ3) is 2.00. The van der Waals surface area contributed by atoms with E-state index in [1.54, 1.807) is 0 Å². The van der Waals surface area contributed by atoms with Crippen molar-refractivity contribution < 1.29 is 0 Å². The zero-order valence-corrected chi connectivity index (χ0v) is 12.9. The van der Waals surface area contributed by atoms with Crippen LogP contribution in [0.2, 0.25) is 0 Å². The van der Waals surface area contributed by atoms with Crippen LogP contribution in [0, 0.1) is 17.8 Å². The number of hydrogen-bond donors (Lipinski definition) is 2. The molecule has 5 aliphatic rings. The topological polar surface area (TPSA) is 40.7 Å². The van der Waals surface area contributed by atoms with Crippen molar-refractivity contribution in [2.45, 2.75) is 62.7 Å². The summed E-state index contributed by atoms with van der Waals surface area (Å²) in [5.41, 5.74) is 1.96. The number of piperidine rings is 1. The van der Waals surface area contributed by atoms with Gasteiger partial charge in [0.1, 0.15) is 5.82 Å². The van der Waals surface area contributed by atoms with E-state index in [0.29, 0.717) is 11.3 Å². The first kappa shape index (κ1) is 12.7. The summed E-state index contributed by atoms with van der Waals surface area (Å²) in [4.78, 5) is 8.59. The molecule has 2 heterocycles. The lowest BCUT2D eigenvalue weighted by Crippen LogP contribution is -2.48. The molecule has 0 aromatic carbocycles. The molecule has 2 N–H and O–H groups in total. The Morgan fingerprint density at radius 3 is 2.38 bits per heavy atom. The standard InChI is InChI=1S/C18H27N3/c1-2-15(10-19-3-1)17-20-11-16(21-17)18-7-12-4-13(8-18)6-14(5-12)9-18/h11-15,19H,1-10H2,(H,20,21). The fourth-order valence-corrected chi connectivity index (χ4v) is 6.34. The summed E-state index contributed by atoms with van der Waals surface area (Å²) in [6, 6.07) is 0. The van der Waals surface area contributed by atoms with Gasteiger partial charge in [0.25, 0.3) is 0 Å². The monoisotopic (exact) mass is 285 g/mol. The van der Waals surface area contributed by atoms with Crippen LogP contribution in [0.25, 0.3) is 0 Å². The lowest BCUT2D eigenvalue weighted by Gasteiger charge is -2.56. The van der Waals surface area contributed by atoms with Gasteiger partial charge in [0, 0.05) is 29.8 Å². The normalized spacial score (nSPS) is 45.1. The van der Waals surface area contributed by atoms with Gasteiger partial charge < -0.3 is 10.3 Å². The van der Waals surface area contributed by atoms with Crippen molar-refractivity contribution in [1.29, 1.82) is 0 Å². The van der Waals surface area contributed by atoms with Gasteiger partial charge in [-0.15, -0.1) is 0 Å². The van der Waals surface area contributed by atoms with E-state index in [9.17, 15) is 0 Å². The summed E-state index contributed by atoms with van der Waals surface area (Å²) in [5, 5.41) is 3.52. The molecule has 4 saturated carbocycles. The quantitative estimate of drug-likeness (QED) is 0.875. The molecule has 1 aliphatic heterocycles. The van der Waals surface area contributed by atoms with Crippen molar-refractivity contribution in [3.8, 4) is 0 Å². The van der Waals surface area contributed by atoms with E-state index < -0.39 is 0 Å². The van der Waals surface area contributed by atoms with E-state index in [-0.39, 0.29) is 0 Å². The summed E-state index contributed by atoms with van der Waals surface area (Å²) >= 11 is 0. The van der Waals surface area contributed by atoms with E-state index in [2.05, 4.69) is 16.5 Å². The molecule has 6 rings (SSSR count). The van der Waals surface area contributed by atoms with Gasteiger partial charge >= 0.3 is 0 Å². The minimum absolute atomic E-state index is 0.474. The Balaban J connectivity index is 1.44. The van der Waals surface area contributed by atoms with Gasteiger partial charge in [0.2, 0.25) is 0 Å². The highest BCUT2D eigenvalue weighted by Crippen LogP contribution is 2.60.